The summed E-state index contributed by atoms with van der Waals surface area (Å²) in [5.41, 5.74) is 0.820. The van der Waals surface area contributed by atoms with Gasteiger partial charge in [-0.05, 0) is 93.2 Å². The Hall–Kier alpha value is -0.163. The summed E-state index contributed by atoms with van der Waals surface area (Å²) in [7, 11) is -0.0355. The second-order valence-electron chi connectivity index (χ2n) is 12.8. The van der Waals surface area contributed by atoms with Crippen LogP contribution in [0.5, 0.6) is 0 Å². The summed E-state index contributed by atoms with van der Waals surface area (Å²) >= 11 is 0. The molecule has 0 amide bonds. The zero-order chi connectivity index (χ0) is 22.4. The predicted molar refractivity (Wildman–Crippen MR) is 128 cm³/mol. The van der Waals surface area contributed by atoms with E-state index in [4.69, 9.17) is 13.9 Å². The van der Waals surface area contributed by atoms with Gasteiger partial charge in [0.1, 0.15) is 6.79 Å². The average Bonchev–Trinajstić information content (AvgIpc) is 3.24. The van der Waals surface area contributed by atoms with E-state index in [-0.39, 0.29) is 5.60 Å². The first-order valence-corrected chi connectivity index (χ1v) is 15.2. The number of hydrogen-bond donors (Lipinski definition) is 0. The second-order valence-corrected chi connectivity index (χ2v) is 17.5. The fourth-order valence-corrected chi connectivity index (χ4v) is 7.70. The summed E-state index contributed by atoms with van der Waals surface area (Å²) in [6.45, 7) is 19.3. The molecule has 30 heavy (non-hydrogen) atoms. The van der Waals surface area contributed by atoms with Gasteiger partial charge in [-0.25, -0.2) is 0 Å². The van der Waals surface area contributed by atoms with Gasteiger partial charge in [-0.2, -0.15) is 0 Å². The Balaban J connectivity index is 1.66. The molecule has 3 rings (SSSR count). The summed E-state index contributed by atoms with van der Waals surface area (Å²) in [4.78, 5) is 0. The van der Waals surface area contributed by atoms with E-state index in [1.54, 1.807) is 7.11 Å². The zero-order valence-electron chi connectivity index (χ0n) is 21.3. The minimum absolute atomic E-state index is 0.163. The van der Waals surface area contributed by atoms with Crippen LogP contribution in [0.2, 0.25) is 18.1 Å². The maximum Gasteiger partial charge on any atom is 0.192 e. The number of hydrogen-bond acceptors (Lipinski definition) is 3. The van der Waals surface area contributed by atoms with Crippen LogP contribution in [0, 0.1) is 22.7 Å². The molecule has 3 aliphatic rings. The molecule has 0 aromatic carbocycles. The molecule has 3 saturated carbocycles. The van der Waals surface area contributed by atoms with E-state index in [0.29, 0.717) is 28.8 Å². The lowest BCUT2D eigenvalue weighted by molar-refractivity contribution is -0.112. The van der Waals surface area contributed by atoms with Crippen LogP contribution in [-0.2, 0) is 13.9 Å². The Bertz CT molecular complexity index is 635. The van der Waals surface area contributed by atoms with Crippen molar-refractivity contribution in [3.05, 3.63) is 12.2 Å². The Labute approximate surface area is 187 Å². The van der Waals surface area contributed by atoms with Gasteiger partial charge in [0.2, 0.25) is 0 Å². The van der Waals surface area contributed by atoms with Crippen LogP contribution < -0.4 is 0 Å². The van der Waals surface area contributed by atoms with Crippen molar-refractivity contribution in [2.45, 2.75) is 116 Å². The molecule has 0 saturated heterocycles. The molecule has 0 N–H and O–H groups in total. The molecule has 4 heteroatoms. The van der Waals surface area contributed by atoms with E-state index in [1.807, 2.05) is 0 Å². The zero-order valence-corrected chi connectivity index (χ0v) is 22.3. The van der Waals surface area contributed by atoms with E-state index in [2.05, 4.69) is 66.8 Å². The molecule has 174 valence electrons. The first-order chi connectivity index (χ1) is 13.8. The molecule has 1 spiro atoms. The van der Waals surface area contributed by atoms with Crippen molar-refractivity contribution >= 4 is 8.32 Å². The Kier molecular flexibility index (Phi) is 6.79. The third kappa shape index (κ3) is 4.49. The molecule has 0 radical (unpaired) electrons. The molecular weight excluding hydrogens is 388 g/mol. The SMILES string of the molecule is COCOC(C)(C)C/C=C/[C@H]1C[C@@]12CC[C@H]1[C@@H](O[Si](C)(C)C(C)(C)C)CCC[C@@]12C. The number of methoxy groups -OCH3 is 1. The molecule has 0 unspecified atom stereocenters. The first-order valence-electron chi connectivity index (χ1n) is 12.3. The van der Waals surface area contributed by atoms with Gasteiger partial charge < -0.3 is 13.9 Å². The van der Waals surface area contributed by atoms with Gasteiger partial charge in [0.25, 0.3) is 0 Å². The minimum atomic E-state index is -1.72. The fraction of sp³-hybridized carbons (Fsp3) is 0.923. The number of allylic oxidation sites excluding steroid dienone is 1. The number of rotatable bonds is 8. The molecule has 0 heterocycles. The maximum atomic E-state index is 7.03. The first kappa shape index (κ1) is 24.5. The van der Waals surface area contributed by atoms with Crippen LogP contribution in [0.25, 0.3) is 0 Å². The fourth-order valence-electron chi connectivity index (χ4n) is 6.31. The molecule has 3 nitrogen and oxygen atoms in total. The summed E-state index contributed by atoms with van der Waals surface area (Å²) in [6.07, 6.45) is 14.5. The van der Waals surface area contributed by atoms with Crippen LogP contribution in [0.15, 0.2) is 12.2 Å². The molecule has 0 aromatic heterocycles. The summed E-state index contributed by atoms with van der Waals surface area (Å²) in [5.74, 6) is 1.50. The molecule has 0 aromatic rings. The van der Waals surface area contributed by atoms with Gasteiger partial charge in [-0.1, -0.05) is 46.3 Å². The van der Waals surface area contributed by atoms with Crippen LogP contribution in [0.4, 0.5) is 0 Å². The molecule has 0 aliphatic heterocycles. The van der Waals surface area contributed by atoms with Crippen LogP contribution >= 0.6 is 0 Å². The number of ether oxygens (including phenoxy) is 2. The topological polar surface area (TPSA) is 27.7 Å². The Morgan fingerprint density at radius 2 is 1.77 bits per heavy atom. The van der Waals surface area contributed by atoms with Crippen molar-refractivity contribution < 1.29 is 13.9 Å². The highest BCUT2D eigenvalue weighted by molar-refractivity contribution is 6.74. The van der Waals surface area contributed by atoms with Crippen molar-refractivity contribution in [3.63, 3.8) is 0 Å². The number of fused-ring (bicyclic) bond motifs is 2. The highest BCUT2D eigenvalue weighted by Gasteiger charge is 2.70. The highest BCUT2D eigenvalue weighted by atomic mass is 28.4. The van der Waals surface area contributed by atoms with Crippen molar-refractivity contribution in [3.8, 4) is 0 Å². The lowest BCUT2D eigenvalue weighted by Crippen LogP contribution is -2.50. The van der Waals surface area contributed by atoms with Crippen molar-refractivity contribution in [1.29, 1.82) is 0 Å². The lowest BCUT2D eigenvalue weighted by Gasteiger charge is -2.49. The predicted octanol–water partition coefficient (Wildman–Crippen LogP) is 7.33. The Morgan fingerprint density at radius 3 is 2.40 bits per heavy atom. The maximum absolute atomic E-state index is 7.03. The van der Waals surface area contributed by atoms with Gasteiger partial charge in [0.15, 0.2) is 8.32 Å². The quantitative estimate of drug-likeness (QED) is 0.226. The van der Waals surface area contributed by atoms with E-state index >= 15 is 0 Å². The second kappa shape index (κ2) is 8.32. The van der Waals surface area contributed by atoms with E-state index < -0.39 is 8.32 Å². The molecule has 3 fully saturated rings. The van der Waals surface area contributed by atoms with E-state index in [0.717, 1.165) is 18.3 Å². The van der Waals surface area contributed by atoms with Gasteiger partial charge in [0, 0.05) is 13.2 Å². The summed E-state index contributed by atoms with van der Waals surface area (Å²) in [5, 5.41) is 0.291. The molecule has 5 atom stereocenters. The smallest absolute Gasteiger partial charge is 0.192 e. The molecule has 0 bridgehead atoms. The molecular formula is C26H48O3Si. The van der Waals surface area contributed by atoms with Crippen LogP contribution in [-0.4, -0.2) is 33.9 Å². The van der Waals surface area contributed by atoms with Gasteiger partial charge in [0.05, 0.1) is 5.60 Å². The van der Waals surface area contributed by atoms with Crippen molar-refractivity contribution in [2.75, 3.05) is 13.9 Å². The minimum Gasteiger partial charge on any atom is -0.414 e. The van der Waals surface area contributed by atoms with E-state index in [1.165, 1.54) is 38.5 Å². The summed E-state index contributed by atoms with van der Waals surface area (Å²) in [6, 6.07) is 0. The third-order valence-corrected chi connectivity index (χ3v) is 13.9. The molecule has 3 aliphatic carbocycles. The monoisotopic (exact) mass is 436 g/mol. The normalized spacial score (nSPS) is 37.2. The lowest BCUT2D eigenvalue weighted by atomic mass is 9.62. The highest BCUT2D eigenvalue weighted by Crippen LogP contribution is 2.76. The summed E-state index contributed by atoms with van der Waals surface area (Å²) < 4.78 is 17.9. The van der Waals surface area contributed by atoms with Crippen LogP contribution in [0.1, 0.15) is 86.5 Å². The van der Waals surface area contributed by atoms with Gasteiger partial charge in [-0.15, -0.1) is 0 Å². The third-order valence-electron chi connectivity index (χ3n) is 9.42. The Morgan fingerprint density at radius 1 is 1.07 bits per heavy atom. The largest absolute Gasteiger partial charge is 0.414 e. The van der Waals surface area contributed by atoms with Gasteiger partial charge in [-0.3, -0.25) is 0 Å². The standard InChI is InChI=1S/C26H48O3Si/c1-23(2,3)30(8,9)29-22-13-11-16-25(6)21(22)14-17-26(25)18-20(26)12-10-15-24(4,5)28-19-27-7/h10,12,20-22H,11,13-19H2,1-9H3/b12-10+/t20-,21-,22-,25-,26-/m0/s1. The van der Waals surface area contributed by atoms with E-state index in [9.17, 15) is 0 Å². The van der Waals surface area contributed by atoms with Crippen molar-refractivity contribution in [2.24, 2.45) is 22.7 Å². The van der Waals surface area contributed by atoms with Crippen LogP contribution in [0.3, 0.4) is 0 Å². The van der Waals surface area contributed by atoms with Crippen molar-refractivity contribution in [1.82, 2.24) is 0 Å². The van der Waals surface area contributed by atoms with Gasteiger partial charge >= 0.3 is 0 Å². The average molecular weight is 437 g/mol.